The monoisotopic (exact) mass is 375 g/mol. The van der Waals surface area contributed by atoms with E-state index in [-0.39, 0.29) is 29.9 Å². The Kier molecular flexibility index (Phi) is 6.18. The van der Waals surface area contributed by atoms with Crippen LogP contribution >= 0.6 is 11.3 Å². The first-order chi connectivity index (χ1) is 12.3. The second-order valence-electron chi connectivity index (χ2n) is 5.56. The van der Waals surface area contributed by atoms with Gasteiger partial charge < -0.3 is 0 Å². The molecule has 2 N–H and O–H groups in total. The van der Waals surface area contributed by atoms with Crippen molar-refractivity contribution in [1.29, 1.82) is 0 Å². The fourth-order valence-electron chi connectivity index (χ4n) is 2.27. The van der Waals surface area contributed by atoms with Gasteiger partial charge in [-0.1, -0.05) is 0 Å². The molecule has 0 aliphatic rings. The fraction of sp³-hybridized carbons (Fsp3) is 0.235. The van der Waals surface area contributed by atoms with Crippen molar-refractivity contribution in [2.24, 2.45) is 0 Å². The number of benzene rings is 1. The van der Waals surface area contributed by atoms with Gasteiger partial charge in [-0.25, -0.2) is 0 Å². The zero-order valence-electron chi connectivity index (χ0n) is 14.2. The smallest absolute Gasteiger partial charge is 0.269 e. The van der Waals surface area contributed by atoms with Crippen molar-refractivity contribution in [3.63, 3.8) is 0 Å². The van der Waals surface area contributed by atoms with Crippen molar-refractivity contribution in [2.45, 2.75) is 26.7 Å². The average molecular weight is 375 g/mol. The maximum Gasteiger partial charge on any atom is 0.269 e. The molecule has 2 rings (SSSR count). The Morgan fingerprint density at radius 2 is 1.73 bits per heavy atom. The summed E-state index contributed by atoms with van der Waals surface area (Å²) >= 11 is 1.53. The molecule has 0 fully saturated rings. The van der Waals surface area contributed by atoms with E-state index >= 15 is 0 Å². The number of nitrogens with one attached hydrogen (secondary N) is 2. The number of thiophene rings is 1. The van der Waals surface area contributed by atoms with Gasteiger partial charge in [0.2, 0.25) is 5.91 Å². The Morgan fingerprint density at radius 1 is 1.08 bits per heavy atom. The number of amides is 2. The molecule has 0 atom stereocenters. The lowest BCUT2D eigenvalue weighted by molar-refractivity contribution is -0.384. The number of rotatable bonds is 6. The Labute approximate surface area is 153 Å². The third-order valence-corrected chi connectivity index (χ3v) is 4.54. The van der Waals surface area contributed by atoms with Gasteiger partial charge in [-0.2, -0.15) is 0 Å². The molecule has 1 heterocycles. The minimum Gasteiger partial charge on any atom is -0.294 e. The zero-order valence-corrected chi connectivity index (χ0v) is 15.0. The molecule has 0 unspecified atom stereocenters. The summed E-state index contributed by atoms with van der Waals surface area (Å²) in [6.45, 7) is 3.77. The average Bonchev–Trinajstić information content (AvgIpc) is 2.95. The van der Waals surface area contributed by atoms with Crippen molar-refractivity contribution >= 4 is 34.6 Å². The SMILES string of the molecule is Cc1cc(C(=O)CCC(=O)NNC(=O)c2ccc([N+](=O)[O-])cc2)c(C)s1. The molecule has 0 aliphatic carbocycles. The quantitative estimate of drug-likeness (QED) is 0.457. The van der Waals surface area contributed by atoms with E-state index in [4.69, 9.17) is 0 Å². The highest BCUT2D eigenvalue weighted by atomic mass is 32.1. The highest BCUT2D eigenvalue weighted by molar-refractivity contribution is 7.12. The predicted octanol–water partition coefficient (Wildman–Crippen LogP) is 2.70. The third-order valence-electron chi connectivity index (χ3n) is 3.58. The van der Waals surface area contributed by atoms with Crippen LogP contribution in [-0.2, 0) is 4.79 Å². The van der Waals surface area contributed by atoms with Crippen molar-refractivity contribution in [1.82, 2.24) is 10.9 Å². The summed E-state index contributed by atoms with van der Waals surface area (Å²) in [5, 5.41) is 10.6. The molecule has 136 valence electrons. The van der Waals surface area contributed by atoms with E-state index in [1.54, 1.807) is 6.07 Å². The van der Waals surface area contributed by atoms with Crippen LogP contribution in [-0.4, -0.2) is 22.5 Å². The molecule has 0 saturated carbocycles. The van der Waals surface area contributed by atoms with Gasteiger partial charge in [-0.3, -0.25) is 35.3 Å². The lowest BCUT2D eigenvalue weighted by Gasteiger charge is -2.07. The summed E-state index contributed by atoms with van der Waals surface area (Å²) in [6.07, 6.45) is -0.0239. The molecule has 8 nitrogen and oxygen atoms in total. The second-order valence-corrected chi connectivity index (χ2v) is 7.02. The molecule has 2 aromatic rings. The number of nitro groups is 1. The zero-order chi connectivity index (χ0) is 19.3. The standard InChI is InChI=1S/C17H17N3O5S/c1-10-9-14(11(2)26-10)15(21)7-8-16(22)18-19-17(23)12-3-5-13(6-4-12)20(24)25/h3-6,9H,7-8H2,1-2H3,(H,18,22)(H,19,23). The predicted molar refractivity (Wildman–Crippen MR) is 96.1 cm³/mol. The van der Waals surface area contributed by atoms with Crippen LogP contribution in [0.15, 0.2) is 30.3 Å². The van der Waals surface area contributed by atoms with Crippen LogP contribution < -0.4 is 10.9 Å². The molecular weight excluding hydrogens is 358 g/mol. The first-order valence-electron chi connectivity index (χ1n) is 7.72. The van der Waals surface area contributed by atoms with E-state index in [1.165, 1.54) is 35.6 Å². The van der Waals surface area contributed by atoms with Gasteiger partial charge in [0.05, 0.1) is 4.92 Å². The first kappa shape index (κ1) is 19.3. The maximum atomic E-state index is 12.1. The minimum absolute atomic E-state index is 0.0379. The highest BCUT2D eigenvalue weighted by Crippen LogP contribution is 2.22. The molecule has 0 radical (unpaired) electrons. The van der Waals surface area contributed by atoms with Crippen molar-refractivity contribution in [3.8, 4) is 0 Å². The van der Waals surface area contributed by atoms with Gasteiger partial charge in [0.15, 0.2) is 5.78 Å². The van der Waals surface area contributed by atoms with Crippen LogP contribution in [0.4, 0.5) is 5.69 Å². The molecule has 0 bridgehead atoms. The van der Waals surface area contributed by atoms with Crippen LogP contribution in [0.25, 0.3) is 0 Å². The number of aryl methyl sites for hydroxylation is 2. The van der Waals surface area contributed by atoms with Gasteiger partial charge in [0.25, 0.3) is 11.6 Å². The molecule has 0 aliphatic heterocycles. The third kappa shape index (κ3) is 4.96. The number of Topliss-reactive ketones (excluding diaryl/α,β-unsaturated/α-hetero) is 1. The van der Waals surface area contributed by atoms with E-state index in [0.29, 0.717) is 5.56 Å². The minimum atomic E-state index is -0.608. The molecule has 2 amide bonds. The normalized spacial score (nSPS) is 10.2. The summed E-state index contributed by atoms with van der Waals surface area (Å²) < 4.78 is 0. The van der Waals surface area contributed by atoms with Crippen LogP contribution in [0.2, 0.25) is 0 Å². The molecule has 0 saturated heterocycles. The van der Waals surface area contributed by atoms with E-state index in [2.05, 4.69) is 10.9 Å². The molecule has 1 aromatic heterocycles. The number of hydrazine groups is 1. The number of ketones is 1. The summed E-state index contributed by atoms with van der Waals surface area (Å²) in [5.41, 5.74) is 5.08. The van der Waals surface area contributed by atoms with Gasteiger partial charge in [0.1, 0.15) is 0 Å². The molecular formula is C17H17N3O5S. The highest BCUT2D eigenvalue weighted by Gasteiger charge is 2.15. The summed E-state index contributed by atoms with van der Waals surface area (Å²) in [4.78, 5) is 47.7. The lowest BCUT2D eigenvalue weighted by Crippen LogP contribution is -2.41. The summed E-state index contributed by atoms with van der Waals surface area (Å²) in [7, 11) is 0. The number of nitrogens with zero attached hydrogens (tertiary/aromatic N) is 1. The lowest BCUT2D eigenvalue weighted by atomic mass is 10.1. The fourth-order valence-corrected chi connectivity index (χ4v) is 3.21. The summed E-state index contributed by atoms with van der Waals surface area (Å²) in [6, 6.07) is 6.76. The van der Waals surface area contributed by atoms with Crippen molar-refractivity contribution in [2.75, 3.05) is 0 Å². The molecule has 26 heavy (non-hydrogen) atoms. The first-order valence-corrected chi connectivity index (χ1v) is 8.53. The number of carbonyl (C=O) groups is 3. The van der Waals surface area contributed by atoms with E-state index in [0.717, 1.165) is 9.75 Å². The maximum absolute atomic E-state index is 12.1. The number of hydrogen-bond donors (Lipinski definition) is 2. The number of nitro benzene ring substituents is 1. The number of non-ortho nitro benzene ring substituents is 1. The van der Waals surface area contributed by atoms with Crippen LogP contribution in [0.1, 0.15) is 43.3 Å². The van der Waals surface area contributed by atoms with Crippen LogP contribution in [0.3, 0.4) is 0 Å². The molecule has 9 heteroatoms. The van der Waals surface area contributed by atoms with Gasteiger partial charge in [-0.05, 0) is 32.0 Å². The Hall–Kier alpha value is -3.07. The van der Waals surface area contributed by atoms with Crippen molar-refractivity contribution < 1.29 is 19.3 Å². The van der Waals surface area contributed by atoms with E-state index in [1.807, 2.05) is 13.8 Å². The number of hydrogen-bond acceptors (Lipinski definition) is 6. The van der Waals surface area contributed by atoms with Gasteiger partial charge in [-0.15, -0.1) is 11.3 Å². The van der Waals surface area contributed by atoms with E-state index < -0.39 is 16.7 Å². The summed E-state index contributed by atoms with van der Waals surface area (Å²) in [5.74, 6) is -1.23. The second kappa shape index (κ2) is 8.34. The van der Waals surface area contributed by atoms with Gasteiger partial charge in [0, 0.05) is 45.9 Å². The van der Waals surface area contributed by atoms with Crippen molar-refractivity contribution in [3.05, 3.63) is 61.3 Å². The van der Waals surface area contributed by atoms with E-state index in [9.17, 15) is 24.5 Å². The van der Waals surface area contributed by atoms with Gasteiger partial charge >= 0.3 is 0 Å². The molecule has 1 aromatic carbocycles. The topological polar surface area (TPSA) is 118 Å². The van der Waals surface area contributed by atoms with Crippen LogP contribution in [0, 0.1) is 24.0 Å². The Balaban J connectivity index is 1.81. The van der Waals surface area contributed by atoms with Crippen LogP contribution in [0.5, 0.6) is 0 Å². The molecule has 0 spiro atoms. The largest absolute Gasteiger partial charge is 0.294 e. The Morgan fingerprint density at radius 3 is 2.27 bits per heavy atom. The Bertz CT molecular complexity index is 858. The number of carbonyl (C=O) groups excluding carboxylic acids is 3.